The highest BCUT2D eigenvalue weighted by molar-refractivity contribution is 5.94. The summed E-state index contributed by atoms with van der Waals surface area (Å²) in [6.07, 6.45) is -0.769. The van der Waals surface area contributed by atoms with Gasteiger partial charge >= 0.3 is 11.9 Å². The van der Waals surface area contributed by atoms with E-state index in [1.807, 2.05) is 0 Å². The molecule has 0 aliphatic rings. The van der Waals surface area contributed by atoms with E-state index in [-0.39, 0.29) is 31.4 Å². The van der Waals surface area contributed by atoms with E-state index >= 15 is 0 Å². The SMILES string of the molecule is CCC(C)C(NC(=O)C(CCC(=O)O)NC(=O)C(Cc1ccc(O)cc1)NC(=O)C(N)CCC(N)=O)C(=O)O. The van der Waals surface area contributed by atoms with Gasteiger partial charge in [0.15, 0.2) is 0 Å². The number of nitrogens with two attached hydrogens (primary N) is 2. The molecule has 0 saturated carbocycles. The monoisotopic (exact) mass is 551 g/mol. The Morgan fingerprint density at radius 2 is 1.41 bits per heavy atom. The van der Waals surface area contributed by atoms with Crippen molar-refractivity contribution in [3.8, 4) is 5.75 Å². The van der Waals surface area contributed by atoms with Crippen molar-refractivity contribution >= 4 is 35.6 Å². The van der Waals surface area contributed by atoms with E-state index in [0.717, 1.165) is 0 Å². The zero-order valence-electron chi connectivity index (χ0n) is 21.9. The molecule has 0 aromatic heterocycles. The average Bonchev–Trinajstić information content (AvgIpc) is 2.87. The molecule has 0 saturated heterocycles. The predicted octanol–water partition coefficient (Wildman–Crippen LogP) is -1.02. The summed E-state index contributed by atoms with van der Waals surface area (Å²) in [4.78, 5) is 72.7. The zero-order valence-corrected chi connectivity index (χ0v) is 21.9. The number of aliphatic carboxylic acids is 2. The summed E-state index contributed by atoms with van der Waals surface area (Å²) in [5, 5.41) is 35.4. The molecule has 216 valence electrons. The summed E-state index contributed by atoms with van der Waals surface area (Å²) < 4.78 is 0. The van der Waals surface area contributed by atoms with Crippen molar-refractivity contribution in [1.29, 1.82) is 0 Å². The average molecular weight is 552 g/mol. The molecule has 1 aromatic rings. The number of carbonyl (C=O) groups is 6. The Morgan fingerprint density at radius 1 is 0.846 bits per heavy atom. The Bertz CT molecular complexity index is 1030. The van der Waals surface area contributed by atoms with Gasteiger partial charge in [-0.1, -0.05) is 32.4 Å². The number of primary amides is 1. The van der Waals surface area contributed by atoms with Gasteiger partial charge in [-0.15, -0.1) is 0 Å². The van der Waals surface area contributed by atoms with Crippen LogP contribution >= 0.6 is 0 Å². The number of hydrogen-bond donors (Lipinski definition) is 8. The van der Waals surface area contributed by atoms with E-state index in [2.05, 4.69) is 16.0 Å². The molecule has 39 heavy (non-hydrogen) atoms. The number of nitrogens with one attached hydrogen (secondary N) is 3. The van der Waals surface area contributed by atoms with E-state index in [9.17, 15) is 39.0 Å². The summed E-state index contributed by atoms with van der Waals surface area (Å²) >= 11 is 0. The molecule has 1 aromatic carbocycles. The Labute approximate surface area is 225 Å². The lowest BCUT2D eigenvalue weighted by Gasteiger charge is -2.26. The molecule has 0 aliphatic carbocycles. The van der Waals surface area contributed by atoms with Crippen LogP contribution in [-0.4, -0.2) is 75.1 Å². The first-order valence-electron chi connectivity index (χ1n) is 12.4. The molecule has 0 radical (unpaired) electrons. The van der Waals surface area contributed by atoms with Gasteiger partial charge in [-0.05, 0) is 36.5 Å². The lowest BCUT2D eigenvalue weighted by Crippen LogP contribution is -2.58. The second-order valence-electron chi connectivity index (χ2n) is 9.25. The predicted molar refractivity (Wildman–Crippen MR) is 138 cm³/mol. The van der Waals surface area contributed by atoms with Crippen LogP contribution in [0.3, 0.4) is 0 Å². The molecule has 0 heterocycles. The molecule has 0 spiro atoms. The quantitative estimate of drug-likeness (QED) is 0.117. The number of carboxylic acid groups (broad SMARTS) is 2. The minimum atomic E-state index is -1.43. The molecular weight excluding hydrogens is 514 g/mol. The summed E-state index contributed by atoms with van der Waals surface area (Å²) in [6.45, 7) is 3.36. The highest BCUT2D eigenvalue weighted by Crippen LogP contribution is 2.13. The van der Waals surface area contributed by atoms with Gasteiger partial charge in [0.2, 0.25) is 23.6 Å². The van der Waals surface area contributed by atoms with Crippen molar-refractivity contribution in [2.75, 3.05) is 0 Å². The second kappa shape index (κ2) is 15.9. The van der Waals surface area contributed by atoms with Crippen molar-refractivity contribution in [3.05, 3.63) is 29.8 Å². The van der Waals surface area contributed by atoms with Crippen molar-refractivity contribution in [3.63, 3.8) is 0 Å². The molecule has 10 N–H and O–H groups in total. The van der Waals surface area contributed by atoms with Crippen LogP contribution in [0.2, 0.25) is 0 Å². The highest BCUT2D eigenvalue weighted by atomic mass is 16.4. The molecular formula is C25H37N5O9. The van der Waals surface area contributed by atoms with Crippen LogP contribution in [0.15, 0.2) is 24.3 Å². The number of phenolic OH excluding ortho intramolecular Hbond substituents is 1. The van der Waals surface area contributed by atoms with E-state index in [4.69, 9.17) is 16.6 Å². The maximum absolute atomic E-state index is 13.3. The smallest absolute Gasteiger partial charge is 0.326 e. The van der Waals surface area contributed by atoms with Crippen LogP contribution < -0.4 is 27.4 Å². The number of benzene rings is 1. The fourth-order valence-corrected chi connectivity index (χ4v) is 3.53. The molecule has 0 bridgehead atoms. The van der Waals surface area contributed by atoms with Crippen molar-refractivity contribution in [2.45, 2.75) is 76.5 Å². The number of hydrogen-bond acceptors (Lipinski definition) is 8. The van der Waals surface area contributed by atoms with Gasteiger partial charge in [-0.25, -0.2) is 4.79 Å². The molecule has 14 nitrogen and oxygen atoms in total. The molecule has 14 heteroatoms. The lowest BCUT2D eigenvalue weighted by atomic mass is 9.98. The normalized spacial score (nSPS) is 14.6. The highest BCUT2D eigenvalue weighted by Gasteiger charge is 2.32. The first kappa shape index (κ1) is 32.8. The fraction of sp³-hybridized carbons (Fsp3) is 0.520. The number of phenols is 1. The summed E-state index contributed by atoms with van der Waals surface area (Å²) in [7, 11) is 0. The van der Waals surface area contributed by atoms with Crippen LogP contribution in [0, 0.1) is 5.92 Å². The molecule has 0 aliphatic heterocycles. The lowest BCUT2D eigenvalue weighted by molar-refractivity contribution is -0.144. The topological polar surface area (TPSA) is 251 Å². The molecule has 5 unspecified atom stereocenters. The van der Waals surface area contributed by atoms with Gasteiger partial charge < -0.3 is 42.7 Å². The minimum Gasteiger partial charge on any atom is -0.508 e. The van der Waals surface area contributed by atoms with Crippen LogP contribution in [0.25, 0.3) is 0 Å². The number of aromatic hydroxyl groups is 1. The van der Waals surface area contributed by atoms with E-state index in [1.54, 1.807) is 13.8 Å². The van der Waals surface area contributed by atoms with Crippen LogP contribution in [0.4, 0.5) is 0 Å². The molecule has 5 atom stereocenters. The van der Waals surface area contributed by atoms with Gasteiger partial charge in [0.25, 0.3) is 0 Å². The third-order valence-electron chi connectivity index (χ3n) is 6.10. The van der Waals surface area contributed by atoms with Crippen molar-refractivity contribution < 1.29 is 44.1 Å². The van der Waals surface area contributed by atoms with Gasteiger partial charge in [-0.2, -0.15) is 0 Å². The van der Waals surface area contributed by atoms with Gasteiger partial charge in [0, 0.05) is 19.3 Å². The number of amides is 4. The summed E-state index contributed by atoms with van der Waals surface area (Å²) in [6, 6.07) is 0.575. The van der Waals surface area contributed by atoms with Gasteiger partial charge in [-0.3, -0.25) is 24.0 Å². The van der Waals surface area contributed by atoms with E-state index in [1.165, 1.54) is 24.3 Å². The first-order chi connectivity index (χ1) is 18.2. The van der Waals surface area contributed by atoms with Crippen LogP contribution in [-0.2, 0) is 35.2 Å². The molecule has 0 fully saturated rings. The first-order valence-corrected chi connectivity index (χ1v) is 12.4. The van der Waals surface area contributed by atoms with Gasteiger partial charge in [0.1, 0.15) is 23.9 Å². The third kappa shape index (κ3) is 11.8. The van der Waals surface area contributed by atoms with Crippen LogP contribution in [0.1, 0.15) is 51.5 Å². The van der Waals surface area contributed by atoms with E-state index in [0.29, 0.717) is 12.0 Å². The van der Waals surface area contributed by atoms with Crippen LogP contribution in [0.5, 0.6) is 5.75 Å². The fourth-order valence-electron chi connectivity index (χ4n) is 3.53. The number of rotatable bonds is 17. The largest absolute Gasteiger partial charge is 0.508 e. The Kier molecular flexibility index (Phi) is 13.4. The van der Waals surface area contributed by atoms with Crippen molar-refractivity contribution in [2.24, 2.45) is 17.4 Å². The minimum absolute atomic E-state index is 0.0306. The zero-order chi connectivity index (χ0) is 29.7. The molecule has 1 rings (SSSR count). The van der Waals surface area contributed by atoms with Gasteiger partial charge in [0.05, 0.1) is 6.04 Å². The van der Waals surface area contributed by atoms with Crippen molar-refractivity contribution in [1.82, 2.24) is 16.0 Å². The Morgan fingerprint density at radius 3 is 1.92 bits per heavy atom. The Hall–Kier alpha value is -4.20. The van der Waals surface area contributed by atoms with E-state index < -0.39 is 72.1 Å². The number of carboxylic acids is 2. The Balaban J connectivity index is 3.18. The standard InChI is InChI=1S/C25H37N5O9/c1-3-13(2)21(25(38)39)30-23(36)17(9-11-20(33)34)28-24(37)18(12-14-4-6-15(31)7-5-14)29-22(35)16(26)8-10-19(27)32/h4-7,13,16-18,21,31H,3,8-12,26H2,1-2H3,(H2,27,32)(H,28,37)(H,29,35)(H,30,36)(H,33,34)(H,38,39). The molecule has 4 amide bonds. The second-order valence-corrected chi connectivity index (χ2v) is 9.25. The maximum atomic E-state index is 13.3. The third-order valence-corrected chi connectivity index (χ3v) is 6.10. The summed E-state index contributed by atoms with van der Waals surface area (Å²) in [5.74, 6) is -6.21. The maximum Gasteiger partial charge on any atom is 0.326 e. The number of carbonyl (C=O) groups excluding carboxylic acids is 4. The summed E-state index contributed by atoms with van der Waals surface area (Å²) in [5.41, 5.74) is 11.4.